The largest absolute Gasteiger partial charge is 1.00 e. The Morgan fingerprint density at radius 1 is 0.886 bits per heavy atom. The summed E-state index contributed by atoms with van der Waals surface area (Å²) in [6.07, 6.45) is 2.24. The van der Waals surface area contributed by atoms with Crippen molar-refractivity contribution in [2.75, 3.05) is 47.5 Å². The Labute approximate surface area is 212 Å². The first kappa shape index (κ1) is 31.4. The van der Waals surface area contributed by atoms with E-state index in [1.54, 1.807) is 30.3 Å². The Balaban J connectivity index is 0.000000822. The maximum absolute atomic E-state index is 12.3. The molecule has 1 N–H and O–H groups in total. The van der Waals surface area contributed by atoms with Crippen LogP contribution in [0, 0.1) is 0 Å². The van der Waals surface area contributed by atoms with E-state index in [2.05, 4.69) is 13.2 Å². The zero-order valence-electron chi connectivity index (χ0n) is 20.2. The fourth-order valence-corrected chi connectivity index (χ4v) is 2.38. The molecule has 0 aliphatic carbocycles. The van der Waals surface area contributed by atoms with E-state index in [4.69, 9.17) is 14.2 Å². The Bertz CT molecular complexity index is 985. The fourth-order valence-electron chi connectivity index (χ4n) is 2.38. The van der Waals surface area contributed by atoms with Gasteiger partial charge < -0.3 is 36.2 Å². The number of esters is 2. The SMILES string of the molecule is C=CC(=O)OCCOc1ccc(C(=O)c2ccccc2)c(O)c1.C=CC(=O)OCC[N+](C)(C)C.[Cl-]. The van der Waals surface area contributed by atoms with E-state index in [0.29, 0.717) is 17.9 Å². The van der Waals surface area contributed by atoms with Crippen molar-refractivity contribution in [3.8, 4) is 11.5 Å². The standard InChI is InChI=1S/C18H16O5.C8H16NO2.ClH/c1-2-17(20)23-11-10-22-14-8-9-15(16(19)12-14)18(21)13-6-4-3-5-7-13;1-5-8(10)11-7-6-9(2,3)4;/h2-9,12,19H,1,10-11H2;5H,1,6-7H2,2-4H3;1H/q;+1;/p-1. The van der Waals surface area contributed by atoms with Crippen molar-refractivity contribution >= 4 is 17.7 Å². The van der Waals surface area contributed by atoms with Gasteiger partial charge in [0.2, 0.25) is 0 Å². The first-order chi connectivity index (χ1) is 16.1. The lowest BCUT2D eigenvalue weighted by atomic mass is 10.0. The molecule has 2 aromatic carbocycles. The lowest BCUT2D eigenvalue weighted by Gasteiger charge is -2.23. The van der Waals surface area contributed by atoms with Crippen molar-refractivity contribution in [1.82, 2.24) is 0 Å². The Morgan fingerprint density at radius 2 is 1.46 bits per heavy atom. The molecule has 0 saturated heterocycles. The quantitative estimate of drug-likeness (QED) is 0.153. The Hall–Kier alpha value is -3.62. The number of hydrogen-bond donors (Lipinski definition) is 1. The number of benzene rings is 2. The third kappa shape index (κ3) is 13.0. The van der Waals surface area contributed by atoms with Gasteiger partial charge in [-0.05, 0) is 12.1 Å². The Morgan fingerprint density at radius 3 is 1.97 bits per heavy atom. The van der Waals surface area contributed by atoms with Crippen LogP contribution >= 0.6 is 0 Å². The number of ketones is 1. The molecule has 0 amide bonds. The summed E-state index contributed by atoms with van der Waals surface area (Å²) in [5.41, 5.74) is 0.689. The number of rotatable bonds is 11. The van der Waals surface area contributed by atoms with Gasteiger partial charge in [-0.25, -0.2) is 9.59 Å². The summed E-state index contributed by atoms with van der Waals surface area (Å²) in [5, 5.41) is 10.0. The van der Waals surface area contributed by atoms with Crippen molar-refractivity contribution in [3.05, 3.63) is 85.0 Å². The van der Waals surface area contributed by atoms with E-state index in [9.17, 15) is 19.5 Å². The number of hydrogen-bond acceptors (Lipinski definition) is 7. The molecule has 8 nitrogen and oxygen atoms in total. The van der Waals surface area contributed by atoms with Crippen LogP contribution in [0.2, 0.25) is 0 Å². The molecule has 190 valence electrons. The number of quaternary nitrogens is 1. The molecule has 0 saturated carbocycles. The molecule has 0 bridgehead atoms. The van der Waals surface area contributed by atoms with Crippen LogP contribution in [-0.4, -0.2) is 74.8 Å². The van der Waals surface area contributed by atoms with Gasteiger partial charge >= 0.3 is 11.9 Å². The number of halogens is 1. The van der Waals surface area contributed by atoms with Gasteiger partial charge in [0.05, 0.1) is 26.7 Å². The molecule has 0 heterocycles. The predicted molar refractivity (Wildman–Crippen MR) is 129 cm³/mol. The van der Waals surface area contributed by atoms with Crippen molar-refractivity contribution in [2.24, 2.45) is 0 Å². The van der Waals surface area contributed by atoms with Gasteiger partial charge in [0.15, 0.2) is 5.78 Å². The molecule has 0 radical (unpaired) electrons. The fraction of sp³-hybridized carbons (Fsp3) is 0.269. The highest BCUT2D eigenvalue weighted by molar-refractivity contribution is 6.10. The molecular formula is C26H32ClNO7. The molecule has 0 fully saturated rings. The number of phenols is 1. The van der Waals surface area contributed by atoms with E-state index < -0.39 is 5.97 Å². The second kappa shape index (κ2) is 16.1. The molecular weight excluding hydrogens is 474 g/mol. The predicted octanol–water partition coefficient (Wildman–Crippen LogP) is 0.157. The van der Waals surface area contributed by atoms with Gasteiger partial charge in [0.25, 0.3) is 0 Å². The van der Waals surface area contributed by atoms with Crippen LogP contribution in [0.25, 0.3) is 0 Å². The molecule has 0 unspecified atom stereocenters. The summed E-state index contributed by atoms with van der Waals surface area (Å²) in [6, 6.07) is 13.1. The lowest BCUT2D eigenvalue weighted by molar-refractivity contribution is -0.870. The molecule has 35 heavy (non-hydrogen) atoms. The van der Waals surface area contributed by atoms with Crippen molar-refractivity contribution in [2.45, 2.75) is 0 Å². The highest BCUT2D eigenvalue weighted by Gasteiger charge is 2.14. The summed E-state index contributed by atoms with van der Waals surface area (Å²) >= 11 is 0. The minimum absolute atomic E-state index is 0. The second-order valence-electron chi connectivity index (χ2n) is 7.98. The van der Waals surface area contributed by atoms with E-state index in [-0.39, 0.29) is 48.7 Å². The van der Waals surface area contributed by atoms with Crippen LogP contribution < -0.4 is 17.1 Å². The van der Waals surface area contributed by atoms with Crippen molar-refractivity contribution in [3.63, 3.8) is 0 Å². The molecule has 0 aliphatic heterocycles. The average Bonchev–Trinajstić information content (AvgIpc) is 2.81. The number of carbonyl (C=O) groups excluding carboxylic acids is 3. The first-order valence-corrected chi connectivity index (χ1v) is 10.5. The summed E-state index contributed by atoms with van der Waals surface area (Å²) in [5.74, 6) is -0.936. The minimum atomic E-state index is -0.528. The topological polar surface area (TPSA) is 99.1 Å². The lowest BCUT2D eigenvalue weighted by Crippen LogP contribution is -3.00. The third-order valence-electron chi connectivity index (χ3n) is 4.19. The van der Waals surface area contributed by atoms with Crippen LogP contribution in [0.4, 0.5) is 0 Å². The van der Waals surface area contributed by atoms with Gasteiger partial charge in [-0.1, -0.05) is 43.5 Å². The molecule has 0 aromatic heterocycles. The number of carbonyl (C=O) groups is 3. The second-order valence-corrected chi connectivity index (χ2v) is 7.98. The number of phenolic OH excluding ortho intramolecular Hbond substituents is 1. The highest BCUT2D eigenvalue weighted by atomic mass is 35.5. The summed E-state index contributed by atoms with van der Waals surface area (Å²) in [6.45, 7) is 8.04. The van der Waals surface area contributed by atoms with E-state index in [1.807, 2.05) is 27.2 Å². The summed E-state index contributed by atoms with van der Waals surface area (Å²) < 4.78 is 15.7. The maximum Gasteiger partial charge on any atom is 0.330 e. The van der Waals surface area contributed by atoms with E-state index in [1.165, 1.54) is 18.2 Å². The maximum atomic E-state index is 12.3. The molecule has 2 aromatic rings. The first-order valence-electron chi connectivity index (χ1n) is 10.5. The van der Waals surface area contributed by atoms with Crippen LogP contribution in [0.1, 0.15) is 15.9 Å². The number of ether oxygens (including phenoxy) is 3. The smallest absolute Gasteiger partial charge is 0.330 e. The number of aromatic hydroxyl groups is 1. The van der Waals surface area contributed by atoms with Crippen LogP contribution in [0.5, 0.6) is 11.5 Å². The molecule has 0 aliphatic rings. The Kier molecular flexibility index (Phi) is 14.4. The van der Waals surface area contributed by atoms with Crippen LogP contribution in [0.15, 0.2) is 73.8 Å². The number of likely N-dealkylation sites (N-methyl/N-ethyl adjacent to an activating group) is 1. The minimum Gasteiger partial charge on any atom is -1.00 e. The van der Waals surface area contributed by atoms with Gasteiger partial charge in [-0.2, -0.15) is 0 Å². The third-order valence-corrected chi connectivity index (χ3v) is 4.19. The summed E-state index contributed by atoms with van der Waals surface area (Å²) in [7, 11) is 6.13. The van der Waals surface area contributed by atoms with Crippen molar-refractivity contribution in [1.29, 1.82) is 0 Å². The van der Waals surface area contributed by atoms with Gasteiger partial charge in [0, 0.05) is 23.8 Å². The average molecular weight is 506 g/mol. The zero-order chi connectivity index (χ0) is 25.6. The van der Waals surface area contributed by atoms with Gasteiger partial charge in [-0.15, -0.1) is 0 Å². The molecule has 9 heteroatoms. The molecule has 0 atom stereocenters. The van der Waals surface area contributed by atoms with Crippen LogP contribution in [0.3, 0.4) is 0 Å². The molecule has 2 rings (SSSR count). The monoisotopic (exact) mass is 505 g/mol. The zero-order valence-corrected chi connectivity index (χ0v) is 21.0. The highest BCUT2D eigenvalue weighted by Crippen LogP contribution is 2.25. The summed E-state index contributed by atoms with van der Waals surface area (Å²) in [4.78, 5) is 33.7. The van der Waals surface area contributed by atoms with E-state index >= 15 is 0 Å². The normalized spacial score (nSPS) is 9.91. The van der Waals surface area contributed by atoms with Gasteiger partial charge in [0.1, 0.15) is 37.9 Å². The van der Waals surface area contributed by atoms with Crippen molar-refractivity contribution < 1.29 is 50.6 Å². The number of nitrogens with zero attached hydrogens (tertiary/aromatic N) is 1. The van der Waals surface area contributed by atoms with E-state index in [0.717, 1.165) is 17.1 Å². The molecule has 0 spiro atoms. The van der Waals surface area contributed by atoms with Crippen LogP contribution in [-0.2, 0) is 19.1 Å². The van der Waals surface area contributed by atoms with Gasteiger partial charge in [-0.3, -0.25) is 4.79 Å².